The number of halogens is 1. The van der Waals surface area contributed by atoms with Crippen molar-refractivity contribution < 1.29 is 0 Å². The molecule has 1 heterocycles. The minimum Gasteiger partial charge on any atom is -0.384 e. The standard InChI is InChI=1S/C16H15BrN6/c17-11-5-4-10-8-21-16(20)14(13(10)7-11)23-22-12-3-1-2-9(6-12)15(18)19/h1-8,22-23H,(H3,18,19)(H2,20,21). The van der Waals surface area contributed by atoms with Gasteiger partial charge in [-0.05, 0) is 24.3 Å². The van der Waals surface area contributed by atoms with E-state index in [1.807, 2.05) is 30.3 Å². The van der Waals surface area contributed by atoms with Gasteiger partial charge in [-0.15, -0.1) is 0 Å². The lowest BCUT2D eigenvalue weighted by molar-refractivity contribution is 1.33. The van der Waals surface area contributed by atoms with Crippen LogP contribution in [0.15, 0.2) is 53.1 Å². The Kier molecular flexibility index (Phi) is 4.03. The maximum Gasteiger partial charge on any atom is 0.149 e. The molecule has 0 aliphatic rings. The molecule has 0 saturated carbocycles. The molecule has 7 N–H and O–H groups in total. The molecular weight excluding hydrogens is 356 g/mol. The predicted molar refractivity (Wildman–Crippen MR) is 98.6 cm³/mol. The fourth-order valence-electron chi connectivity index (χ4n) is 2.23. The van der Waals surface area contributed by atoms with Crippen molar-refractivity contribution in [1.82, 2.24) is 4.98 Å². The number of nitrogen functional groups attached to an aromatic ring is 2. The average molecular weight is 371 g/mol. The molecule has 0 atom stereocenters. The number of hydrogen-bond donors (Lipinski definition) is 5. The van der Waals surface area contributed by atoms with Crippen molar-refractivity contribution in [3.8, 4) is 0 Å². The zero-order valence-electron chi connectivity index (χ0n) is 12.1. The van der Waals surface area contributed by atoms with Gasteiger partial charge in [0.2, 0.25) is 0 Å². The van der Waals surface area contributed by atoms with Crippen LogP contribution < -0.4 is 22.3 Å². The number of nitrogens with two attached hydrogens (primary N) is 2. The third-order valence-electron chi connectivity index (χ3n) is 3.39. The summed E-state index contributed by atoms with van der Waals surface area (Å²) < 4.78 is 0.956. The molecule has 0 aliphatic heterocycles. The first-order valence-corrected chi connectivity index (χ1v) is 7.64. The number of benzene rings is 2. The van der Waals surface area contributed by atoms with Gasteiger partial charge in [-0.25, -0.2) is 4.98 Å². The summed E-state index contributed by atoms with van der Waals surface area (Å²) in [6, 6.07) is 13.1. The number of amidine groups is 1. The van der Waals surface area contributed by atoms with Crippen LogP contribution in [0.2, 0.25) is 0 Å². The molecule has 1 aromatic heterocycles. The lowest BCUT2D eigenvalue weighted by Crippen LogP contribution is -2.14. The van der Waals surface area contributed by atoms with Crippen molar-refractivity contribution in [3.63, 3.8) is 0 Å². The number of rotatable bonds is 4. The van der Waals surface area contributed by atoms with E-state index in [9.17, 15) is 0 Å². The van der Waals surface area contributed by atoms with Gasteiger partial charge in [0.25, 0.3) is 0 Å². The predicted octanol–water partition coefficient (Wildman–Crippen LogP) is 3.30. The Labute approximate surface area is 141 Å². The maximum atomic E-state index is 7.49. The monoisotopic (exact) mass is 370 g/mol. The van der Waals surface area contributed by atoms with E-state index in [0.717, 1.165) is 20.9 Å². The Morgan fingerprint density at radius 2 is 1.96 bits per heavy atom. The first-order chi connectivity index (χ1) is 11.0. The van der Waals surface area contributed by atoms with Crippen molar-refractivity contribution in [2.24, 2.45) is 5.73 Å². The highest BCUT2D eigenvalue weighted by atomic mass is 79.9. The SMILES string of the molecule is N=C(N)c1cccc(NNc2c(N)ncc3ccc(Br)cc23)c1. The zero-order valence-corrected chi connectivity index (χ0v) is 13.7. The minimum atomic E-state index is 0.0175. The summed E-state index contributed by atoms with van der Waals surface area (Å²) in [7, 11) is 0. The summed E-state index contributed by atoms with van der Waals surface area (Å²) in [4.78, 5) is 4.20. The number of hydrogen-bond acceptors (Lipinski definition) is 5. The van der Waals surface area contributed by atoms with Crippen LogP contribution in [0.1, 0.15) is 5.56 Å². The normalized spacial score (nSPS) is 10.5. The molecule has 0 saturated heterocycles. The van der Waals surface area contributed by atoms with E-state index in [2.05, 4.69) is 31.8 Å². The molecule has 3 aromatic rings. The second-order valence-electron chi connectivity index (χ2n) is 4.99. The van der Waals surface area contributed by atoms with Crippen LogP contribution in [0.5, 0.6) is 0 Å². The van der Waals surface area contributed by atoms with Gasteiger partial charge in [0, 0.05) is 27.0 Å². The Bertz CT molecular complexity index is 888. The van der Waals surface area contributed by atoms with Crippen LogP contribution in [0.3, 0.4) is 0 Å². The van der Waals surface area contributed by atoms with Crippen LogP contribution in [0.4, 0.5) is 17.2 Å². The van der Waals surface area contributed by atoms with Crippen molar-refractivity contribution in [2.45, 2.75) is 0 Å². The number of fused-ring (bicyclic) bond motifs is 1. The number of pyridine rings is 1. The van der Waals surface area contributed by atoms with Crippen molar-refractivity contribution in [1.29, 1.82) is 5.41 Å². The molecule has 116 valence electrons. The Balaban J connectivity index is 1.93. The average Bonchev–Trinajstić information content (AvgIpc) is 2.54. The zero-order chi connectivity index (χ0) is 16.4. The molecule has 0 spiro atoms. The van der Waals surface area contributed by atoms with E-state index in [1.165, 1.54) is 0 Å². The van der Waals surface area contributed by atoms with Crippen LogP contribution in [-0.2, 0) is 0 Å². The number of nitrogens with zero attached hydrogens (tertiary/aromatic N) is 1. The molecule has 2 aromatic carbocycles. The highest BCUT2D eigenvalue weighted by Crippen LogP contribution is 2.30. The van der Waals surface area contributed by atoms with Gasteiger partial charge in [-0.3, -0.25) is 10.8 Å². The van der Waals surface area contributed by atoms with E-state index >= 15 is 0 Å². The molecule has 0 unspecified atom stereocenters. The number of hydrazine groups is 1. The van der Waals surface area contributed by atoms with Gasteiger partial charge in [0.05, 0.1) is 5.69 Å². The molecule has 23 heavy (non-hydrogen) atoms. The fourth-order valence-corrected chi connectivity index (χ4v) is 2.59. The lowest BCUT2D eigenvalue weighted by Gasteiger charge is -2.14. The van der Waals surface area contributed by atoms with E-state index in [0.29, 0.717) is 17.1 Å². The molecular formula is C16H15BrN6. The van der Waals surface area contributed by atoms with Gasteiger partial charge in [-0.1, -0.05) is 34.1 Å². The minimum absolute atomic E-state index is 0.0175. The third kappa shape index (κ3) is 3.19. The molecule has 0 bridgehead atoms. The number of aromatic nitrogens is 1. The highest BCUT2D eigenvalue weighted by Gasteiger charge is 2.07. The van der Waals surface area contributed by atoms with Crippen molar-refractivity contribution in [3.05, 3.63) is 58.7 Å². The second kappa shape index (κ2) is 6.13. The van der Waals surface area contributed by atoms with E-state index in [4.69, 9.17) is 16.9 Å². The molecule has 0 amide bonds. The Morgan fingerprint density at radius 1 is 1.13 bits per heavy atom. The van der Waals surface area contributed by atoms with Crippen LogP contribution in [0.25, 0.3) is 10.8 Å². The maximum absolute atomic E-state index is 7.49. The number of nitrogens with one attached hydrogen (secondary N) is 3. The summed E-state index contributed by atoms with van der Waals surface area (Å²) in [5, 5.41) is 9.41. The lowest BCUT2D eigenvalue weighted by atomic mass is 10.1. The van der Waals surface area contributed by atoms with Gasteiger partial charge in [0.15, 0.2) is 0 Å². The quantitative estimate of drug-likeness (QED) is 0.274. The Morgan fingerprint density at radius 3 is 2.74 bits per heavy atom. The van der Waals surface area contributed by atoms with Gasteiger partial charge in [0.1, 0.15) is 17.3 Å². The summed E-state index contributed by atoms with van der Waals surface area (Å²) in [6.45, 7) is 0. The second-order valence-corrected chi connectivity index (χ2v) is 5.91. The van der Waals surface area contributed by atoms with Crippen molar-refractivity contribution in [2.75, 3.05) is 16.6 Å². The largest absolute Gasteiger partial charge is 0.384 e. The van der Waals surface area contributed by atoms with Gasteiger partial charge < -0.3 is 16.9 Å². The Hall–Kier alpha value is -2.80. The van der Waals surface area contributed by atoms with E-state index in [1.54, 1.807) is 18.3 Å². The molecule has 7 heteroatoms. The summed E-state index contributed by atoms with van der Waals surface area (Å²) in [5.41, 5.74) is 19.8. The summed E-state index contributed by atoms with van der Waals surface area (Å²) in [6.07, 6.45) is 1.73. The van der Waals surface area contributed by atoms with E-state index in [-0.39, 0.29) is 5.84 Å². The van der Waals surface area contributed by atoms with E-state index < -0.39 is 0 Å². The van der Waals surface area contributed by atoms with Crippen molar-refractivity contribution >= 4 is 49.7 Å². The summed E-state index contributed by atoms with van der Waals surface area (Å²) in [5.74, 6) is 0.412. The first-order valence-electron chi connectivity index (χ1n) is 6.85. The molecule has 0 aliphatic carbocycles. The molecule has 0 radical (unpaired) electrons. The smallest absolute Gasteiger partial charge is 0.149 e. The molecule has 0 fully saturated rings. The van der Waals surface area contributed by atoms with Gasteiger partial charge >= 0.3 is 0 Å². The fraction of sp³-hybridized carbons (Fsp3) is 0. The summed E-state index contributed by atoms with van der Waals surface area (Å²) >= 11 is 3.47. The number of anilines is 3. The van der Waals surface area contributed by atoms with Crippen LogP contribution >= 0.6 is 15.9 Å². The van der Waals surface area contributed by atoms with Crippen LogP contribution in [-0.4, -0.2) is 10.8 Å². The van der Waals surface area contributed by atoms with Gasteiger partial charge in [-0.2, -0.15) is 0 Å². The third-order valence-corrected chi connectivity index (χ3v) is 3.88. The van der Waals surface area contributed by atoms with Crippen LogP contribution in [0, 0.1) is 5.41 Å². The molecule has 3 rings (SSSR count). The highest BCUT2D eigenvalue weighted by molar-refractivity contribution is 9.10. The molecule has 6 nitrogen and oxygen atoms in total. The topological polar surface area (TPSA) is 113 Å². The first kappa shape index (κ1) is 15.1.